The number of amides is 1. The van der Waals surface area contributed by atoms with E-state index in [1.807, 2.05) is 60.7 Å². The maximum absolute atomic E-state index is 13.5. The first kappa shape index (κ1) is 23.2. The fourth-order valence-electron chi connectivity index (χ4n) is 3.89. The Morgan fingerprint density at radius 3 is 2.15 bits per heavy atom. The zero-order chi connectivity index (χ0) is 23.6. The molecule has 0 aromatic heterocycles. The van der Waals surface area contributed by atoms with Crippen molar-refractivity contribution in [3.8, 4) is 0 Å². The van der Waals surface area contributed by atoms with Gasteiger partial charge in [0.2, 0.25) is 0 Å². The summed E-state index contributed by atoms with van der Waals surface area (Å²) < 4.78 is 23.4. The van der Waals surface area contributed by atoms with Crippen LogP contribution in [0.5, 0.6) is 0 Å². The highest BCUT2D eigenvalue weighted by molar-refractivity contribution is 7.60. The van der Waals surface area contributed by atoms with Crippen LogP contribution in [0.2, 0.25) is 0 Å². The molecule has 0 aliphatic carbocycles. The van der Waals surface area contributed by atoms with Gasteiger partial charge in [0.1, 0.15) is 13.3 Å². The average molecular weight is 472 g/mol. The fourth-order valence-corrected chi connectivity index (χ4v) is 4.83. The lowest BCUT2D eigenvalue weighted by Gasteiger charge is -2.34. The molecule has 2 aliphatic heterocycles. The Hall–Kier alpha value is -3.00. The Labute approximate surface area is 191 Å². The zero-order valence-corrected chi connectivity index (χ0v) is 19.2. The van der Waals surface area contributed by atoms with Crippen LogP contribution in [0.15, 0.2) is 60.7 Å². The van der Waals surface area contributed by atoms with E-state index >= 15 is 0 Å². The van der Waals surface area contributed by atoms with Gasteiger partial charge >= 0.3 is 17.7 Å². The average Bonchev–Trinajstić information content (AvgIpc) is 3.35. The number of benzene rings is 2. The van der Waals surface area contributed by atoms with Gasteiger partial charge in [0, 0.05) is 19.8 Å². The van der Waals surface area contributed by atoms with Crippen molar-refractivity contribution in [2.45, 2.75) is 30.7 Å². The molecule has 0 spiro atoms. The quantitative estimate of drug-likeness (QED) is 0.484. The number of hydrogen-bond donors (Lipinski definition) is 1. The Morgan fingerprint density at radius 2 is 1.67 bits per heavy atom. The molecule has 2 aromatic carbocycles. The summed E-state index contributed by atoms with van der Waals surface area (Å²) in [6.07, 6.45) is -0.994. The zero-order valence-electron chi connectivity index (χ0n) is 18.3. The predicted molar refractivity (Wildman–Crippen MR) is 118 cm³/mol. The van der Waals surface area contributed by atoms with Gasteiger partial charge in [-0.25, -0.2) is 4.79 Å². The highest BCUT2D eigenvalue weighted by atomic mass is 31.2. The van der Waals surface area contributed by atoms with E-state index in [1.165, 1.54) is 13.3 Å². The van der Waals surface area contributed by atoms with Gasteiger partial charge in [0.25, 0.3) is 5.91 Å². The van der Waals surface area contributed by atoms with Crippen LogP contribution >= 0.6 is 7.29 Å². The molecular formula is C23H25N2O7P. The molecule has 2 aliphatic rings. The van der Waals surface area contributed by atoms with Crippen molar-refractivity contribution in [3.63, 3.8) is 0 Å². The van der Waals surface area contributed by atoms with E-state index in [1.54, 1.807) is 0 Å². The van der Waals surface area contributed by atoms with Gasteiger partial charge in [-0.2, -0.15) is 5.06 Å². The van der Waals surface area contributed by atoms with Crippen LogP contribution in [0.25, 0.3) is 0 Å². The highest BCUT2D eigenvalue weighted by Gasteiger charge is 2.60. The smallest absolute Gasteiger partial charge is 0.376 e. The first-order valence-corrected chi connectivity index (χ1v) is 13.1. The highest BCUT2D eigenvalue weighted by Crippen LogP contribution is 2.39. The molecule has 1 amide bonds. The van der Waals surface area contributed by atoms with Crippen molar-refractivity contribution in [3.05, 3.63) is 71.8 Å². The van der Waals surface area contributed by atoms with Crippen LogP contribution < -0.4 is 5.09 Å². The predicted octanol–water partition coefficient (Wildman–Crippen LogP) is 2.62. The van der Waals surface area contributed by atoms with E-state index in [4.69, 9.17) is 14.3 Å². The number of hydrogen-bond acceptors (Lipinski definition) is 7. The van der Waals surface area contributed by atoms with E-state index < -0.39 is 43.0 Å². The number of nitrogens with one attached hydrogen (secondary N) is 1. The summed E-state index contributed by atoms with van der Waals surface area (Å²) in [6, 6.07) is 17.3. The molecule has 1 unspecified atom stereocenters. The SMILES string of the molecule is CP(C)(=O)N[C@H]1CON(C2(C(=O)OC(c3ccccc3)c3ccccc3)CCC(=O)O2)C1=O. The van der Waals surface area contributed by atoms with Gasteiger partial charge in [-0.1, -0.05) is 60.7 Å². The van der Waals surface area contributed by atoms with E-state index in [-0.39, 0.29) is 19.4 Å². The Kier molecular flexibility index (Phi) is 6.38. The molecule has 174 valence electrons. The van der Waals surface area contributed by atoms with Gasteiger partial charge in [0.15, 0.2) is 6.10 Å². The molecular weight excluding hydrogens is 447 g/mol. The molecule has 0 saturated carbocycles. The minimum Gasteiger partial charge on any atom is -0.448 e. The first-order chi connectivity index (χ1) is 15.7. The third-order valence-corrected chi connectivity index (χ3v) is 6.30. The van der Waals surface area contributed by atoms with Crippen LogP contribution in [0.3, 0.4) is 0 Å². The van der Waals surface area contributed by atoms with Gasteiger partial charge in [-0.05, 0) is 11.1 Å². The maximum atomic E-state index is 13.5. The van der Waals surface area contributed by atoms with Crippen LogP contribution in [-0.2, 0) is 33.3 Å². The number of nitrogens with zero attached hydrogens (tertiary/aromatic N) is 1. The van der Waals surface area contributed by atoms with Crippen LogP contribution in [0.4, 0.5) is 0 Å². The van der Waals surface area contributed by atoms with Crippen LogP contribution in [0.1, 0.15) is 30.1 Å². The molecule has 33 heavy (non-hydrogen) atoms. The number of rotatable bonds is 7. The van der Waals surface area contributed by atoms with E-state index in [0.29, 0.717) is 11.1 Å². The normalized spacial score (nSPS) is 23.1. The van der Waals surface area contributed by atoms with Gasteiger partial charge < -0.3 is 14.0 Å². The first-order valence-electron chi connectivity index (χ1n) is 10.5. The molecule has 4 rings (SSSR count). The van der Waals surface area contributed by atoms with E-state index in [9.17, 15) is 18.9 Å². The second kappa shape index (κ2) is 9.09. The summed E-state index contributed by atoms with van der Waals surface area (Å²) in [7, 11) is -2.77. The lowest BCUT2D eigenvalue weighted by atomic mass is 10.0. The van der Waals surface area contributed by atoms with Crippen molar-refractivity contribution in [2.24, 2.45) is 0 Å². The van der Waals surface area contributed by atoms with E-state index in [0.717, 1.165) is 5.06 Å². The molecule has 0 bridgehead atoms. The third kappa shape index (κ3) is 4.85. The number of cyclic esters (lactones) is 1. The number of hydroxylamine groups is 2. The van der Waals surface area contributed by atoms with Gasteiger partial charge in [0.05, 0.1) is 13.0 Å². The minimum absolute atomic E-state index is 0.0816. The maximum Gasteiger partial charge on any atom is 0.376 e. The minimum atomic E-state index is -2.77. The van der Waals surface area contributed by atoms with Crippen molar-refractivity contribution in [1.29, 1.82) is 0 Å². The Morgan fingerprint density at radius 1 is 1.09 bits per heavy atom. The van der Waals surface area contributed by atoms with Crippen molar-refractivity contribution in [2.75, 3.05) is 19.9 Å². The molecule has 2 saturated heterocycles. The molecule has 0 radical (unpaired) electrons. The monoisotopic (exact) mass is 472 g/mol. The molecule has 2 atom stereocenters. The number of carbonyl (C=O) groups is 3. The molecule has 2 fully saturated rings. The fraction of sp³-hybridized carbons (Fsp3) is 0.348. The third-order valence-electron chi connectivity index (χ3n) is 5.36. The number of carbonyl (C=O) groups excluding carboxylic acids is 3. The molecule has 2 aromatic rings. The Balaban J connectivity index is 1.65. The number of ether oxygens (including phenoxy) is 2. The van der Waals surface area contributed by atoms with Crippen LogP contribution in [-0.4, -0.2) is 54.6 Å². The molecule has 9 nitrogen and oxygen atoms in total. The van der Waals surface area contributed by atoms with Crippen molar-refractivity contribution < 1.29 is 33.3 Å². The summed E-state index contributed by atoms with van der Waals surface area (Å²) in [4.78, 5) is 44.2. The number of esters is 2. The largest absolute Gasteiger partial charge is 0.448 e. The van der Waals surface area contributed by atoms with E-state index in [2.05, 4.69) is 5.09 Å². The second-order valence-corrected chi connectivity index (χ2v) is 11.3. The van der Waals surface area contributed by atoms with Gasteiger partial charge in [-0.15, -0.1) is 0 Å². The summed E-state index contributed by atoms with van der Waals surface area (Å²) in [5.41, 5.74) is -0.636. The second-order valence-electron chi connectivity index (χ2n) is 8.33. The van der Waals surface area contributed by atoms with Crippen molar-refractivity contribution >= 4 is 25.1 Å². The lowest BCUT2D eigenvalue weighted by molar-refractivity contribution is -0.260. The Bertz CT molecular complexity index is 1050. The van der Waals surface area contributed by atoms with Gasteiger partial charge in [-0.3, -0.25) is 19.5 Å². The molecule has 10 heteroatoms. The standard InChI is InChI=1S/C23H25N2O7P/c1-33(2,29)24-18-15-30-25(21(18)27)23(14-13-19(26)32-23)22(28)31-20(16-9-5-3-6-10-16)17-11-7-4-8-12-17/h3-12,18,20H,13-15H2,1-2H3,(H,24,29)/t18-,23?/m0/s1. The summed E-state index contributed by atoms with van der Waals surface area (Å²) >= 11 is 0. The topological polar surface area (TPSA) is 111 Å². The molecule has 1 N–H and O–H groups in total. The van der Waals surface area contributed by atoms with Crippen LogP contribution in [0, 0.1) is 0 Å². The van der Waals surface area contributed by atoms with Crippen molar-refractivity contribution in [1.82, 2.24) is 10.2 Å². The lowest BCUT2D eigenvalue weighted by Crippen LogP contribution is -2.57. The summed E-state index contributed by atoms with van der Waals surface area (Å²) in [6.45, 7) is 2.80. The molecule has 2 heterocycles. The summed E-state index contributed by atoms with van der Waals surface area (Å²) in [5, 5.41) is 3.49. The summed E-state index contributed by atoms with van der Waals surface area (Å²) in [5.74, 6) is -2.22.